The Bertz CT molecular complexity index is 379. The topological polar surface area (TPSA) is 58.6 Å². The highest BCUT2D eigenvalue weighted by molar-refractivity contribution is 7.13. The van der Waals surface area contributed by atoms with Gasteiger partial charge in [0.2, 0.25) is 0 Å². The van der Waals surface area contributed by atoms with Crippen LogP contribution in [0.1, 0.15) is 10.4 Å². The lowest BCUT2D eigenvalue weighted by Gasteiger charge is -1.88. The number of rotatable bonds is 2. The van der Waals surface area contributed by atoms with E-state index in [2.05, 4.69) is 15.2 Å². The van der Waals surface area contributed by atoms with Gasteiger partial charge in [-0.05, 0) is 0 Å². The molecule has 2 heterocycles. The van der Waals surface area contributed by atoms with E-state index in [1.807, 2.05) is 5.38 Å². The summed E-state index contributed by atoms with van der Waals surface area (Å²) in [6.45, 7) is 0. The van der Waals surface area contributed by atoms with Crippen LogP contribution in [0.5, 0.6) is 0 Å². The highest BCUT2D eigenvalue weighted by Crippen LogP contribution is 2.21. The summed E-state index contributed by atoms with van der Waals surface area (Å²) in [5.74, 6) is 0. The first kappa shape index (κ1) is 7.17. The van der Waals surface area contributed by atoms with Crippen LogP contribution in [-0.4, -0.2) is 21.5 Å². The number of nitrogens with zero attached hydrogens (tertiary/aromatic N) is 2. The van der Waals surface area contributed by atoms with Gasteiger partial charge in [0.15, 0.2) is 6.29 Å². The maximum Gasteiger partial charge on any atom is 0.153 e. The monoisotopic (exact) mass is 179 g/mol. The van der Waals surface area contributed by atoms with Gasteiger partial charge in [0, 0.05) is 11.6 Å². The molecule has 0 unspecified atom stereocenters. The fourth-order valence-electron chi connectivity index (χ4n) is 0.903. The van der Waals surface area contributed by atoms with E-state index in [0.29, 0.717) is 11.3 Å². The number of thiazole rings is 1. The van der Waals surface area contributed by atoms with Crippen LogP contribution in [0.25, 0.3) is 10.7 Å². The van der Waals surface area contributed by atoms with Crippen molar-refractivity contribution in [3.8, 4) is 10.7 Å². The molecule has 2 rings (SSSR count). The molecule has 60 valence electrons. The van der Waals surface area contributed by atoms with Crippen molar-refractivity contribution in [2.75, 3.05) is 0 Å². The Labute approximate surface area is 72.3 Å². The predicted octanol–water partition coefficient (Wildman–Crippen LogP) is 1.35. The normalized spacial score (nSPS) is 10.0. The van der Waals surface area contributed by atoms with Crippen molar-refractivity contribution in [1.29, 1.82) is 0 Å². The van der Waals surface area contributed by atoms with E-state index in [4.69, 9.17) is 0 Å². The van der Waals surface area contributed by atoms with Crippen LogP contribution in [0.15, 0.2) is 17.8 Å². The Morgan fingerprint density at radius 2 is 2.50 bits per heavy atom. The van der Waals surface area contributed by atoms with Crippen molar-refractivity contribution in [1.82, 2.24) is 15.2 Å². The molecule has 1 N–H and O–H groups in total. The van der Waals surface area contributed by atoms with Gasteiger partial charge in [-0.1, -0.05) is 0 Å². The van der Waals surface area contributed by atoms with Gasteiger partial charge in [-0.2, -0.15) is 5.10 Å². The summed E-state index contributed by atoms with van der Waals surface area (Å²) in [6, 6.07) is 0. The first-order valence-corrected chi connectivity index (χ1v) is 4.18. The van der Waals surface area contributed by atoms with E-state index < -0.39 is 0 Å². The van der Waals surface area contributed by atoms with E-state index in [9.17, 15) is 4.79 Å². The molecule has 0 saturated heterocycles. The molecule has 0 saturated carbocycles. The molecule has 5 heteroatoms. The van der Waals surface area contributed by atoms with Crippen molar-refractivity contribution >= 4 is 17.6 Å². The second-order valence-corrected chi connectivity index (χ2v) is 3.05. The van der Waals surface area contributed by atoms with Crippen LogP contribution in [0.2, 0.25) is 0 Å². The lowest BCUT2D eigenvalue weighted by atomic mass is 10.3. The molecular weight excluding hydrogens is 174 g/mol. The zero-order valence-corrected chi connectivity index (χ0v) is 6.84. The largest absolute Gasteiger partial charge is 0.298 e. The van der Waals surface area contributed by atoms with Crippen LogP contribution in [0.3, 0.4) is 0 Å². The minimum Gasteiger partial charge on any atom is -0.298 e. The third-order valence-corrected chi connectivity index (χ3v) is 2.23. The number of nitrogens with one attached hydrogen (secondary N) is 1. The van der Waals surface area contributed by atoms with Crippen molar-refractivity contribution in [3.05, 3.63) is 23.3 Å². The molecule has 0 spiro atoms. The van der Waals surface area contributed by atoms with Gasteiger partial charge >= 0.3 is 0 Å². The number of aromatic amines is 1. The van der Waals surface area contributed by atoms with E-state index in [-0.39, 0.29) is 0 Å². The number of aromatic nitrogens is 3. The second kappa shape index (κ2) is 2.86. The van der Waals surface area contributed by atoms with Crippen LogP contribution >= 0.6 is 11.3 Å². The van der Waals surface area contributed by atoms with E-state index in [1.54, 1.807) is 6.20 Å². The first-order chi connectivity index (χ1) is 5.92. The molecule has 2 aromatic rings. The molecule has 0 aliphatic carbocycles. The average Bonchev–Trinajstić information content (AvgIpc) is 2.74. The van der Waals surface area contributed by atoms with Gasteiger partial charge in [-0.25, -0.2) is 4.98 Å². The van der Waals surface area contributed by atoms with Crippen LogP contribution in [0, 0.1) is 0 Å². The fraction of sp³-hybridized carbons (Fsp3) is 0. The molecule has 12 heavy (non-hydrogen) atoms. The molecule has 0 atom stereocenters. The summed E-state index contributed by atoms with van der Waals surface area (Å²) < 4.78 is 0. The lowest BCUT2D eigenvalue weighted by Crippen LogP contribution is -1.81. The van der Waals surface area contributed by atoms with Crippen molar-refractivity contribution in [3.63, 3.8) is 0 Å². The summed E-state index contributed by atoms with van der Waals surface area (Å²) in [4.78, 5) is 14.6. The molecule has 0 radical (unpaired) electrons. The van der Waals surface area contributed by atoms with Gasteiger partial charge < -0.3 is 0 Å². The highest BCUT2D eigenvalue weighted by Gasteiger charge is 2.07. The number of aldehydes is 1. The predicted molar refractivity (Wildman–Crippen MR) is 45.1 cm³/mol. The van der Waals surface area contributed by atoms with Crippen molar-refractivity contribution in [2.45, 2.75) is 0 Å². The zero-order chi connectivity index (χ0) is 8.39. The molecule has 0 aromatic carbocycles. The Kier molecular flexibility index (Phi) is 1.71. The Balaban J connectivity index is 2.53. The van der Waals surface area contributed by atoms with Gasteiger partial charge in [-0.15, -0.1) is 11.3 Å². The maximum atomic E-state index is 10.5. The van der Waals surface area contributed by atoms with Crippen molar-refractivity contribution < 1.29 is 4.79 Å². The van der Waals surface area contributed by atoms with E-state index >= 15 is 0 Å². The van der Waals surface area contributed by atoms with Crippen LogP contribution in [0.4, 0.5) is 0 Å². The Morgan fingerprint density at radius 1 is 1.58 bits per heavy atom. The summed E-state index contributed by atoms with van der Waals surface area (Å²) in [5, 5.41) is 9.12. The molecule has 0 amide bonds. The molecule has 0 aliphatic heterocycles. The molecule has 4 nitrogen and oxygen atoms in total. The average molecular weight is 179 g/mol. The van der Waals surface area contributed by atoms with Gasteiger partial charge in [-0.3, -0.25) is 9.89 Å². The smallest absolute Gasteiger partial charge is 0.153 e. The molecule has 0 aliphatic rings. The Morgan fingerprint density at radius 3 is 3.17 bits per heavy atom. The molecule has 2 aromatic heterocycles. The molecule has 0 bridgehead atoms. The van der Waals surface area contributed by atoms with E-state index in [0.717, 1.165) is 11.3 Å². The Hall–Kier alpha value is -1.49. The summed E-state index contributed by atoms with van der Waals surface area (Å²) in [6.07, 6.45) is 3.94. The first-order valence-electron chi connectivity index (χ1n) is 3.30. The van der Waals surface area contributed by atoms with E-state index in [1.165, 1.54) is 17.5 Å². The summed E-state index contributed by atoms with van der Waals surface area (Å²) >= 11 is 1.47. The van der Waals surface area contributed by atoms with Crippen LogP contribution < -0.4 is 0 Å². The minimum absolute atomic E-state index is 0.546. The number of carbonyl (C=O) groups is 1. The van der Waals surface area contributed by atoms with Crippen molar-refractivity contribution in [2.24, 2.45) is 0 Å². The maximum absolute atomic E-state index is 10.5. The quantitative estimate of drug-likeness (QED) is 0.708. The van der Waals surface area contributed by atoms with Gasteiger partial charge in [0.25, 0.3) is 0 Å². The minimum atomic E-state index is 0.546. The van der Waals surface area contributed by atoms with Crippen LogP contribution in [-0.2, 0) is 0 Å². The third-order valence-electron chi connectivity index (χ3n) is 1.44. The second-order valence-electron chi connectivity index (χ2n) is 2.16. The molecular formula is C7H5N3OS. The lowest BCUT2D eigenvalue weighted by molar-refractivity contribution is 0.112. The third kappa shape index (κ3) is 1.04. The summed E-state index contributed by atoms with van der Waals surface area (Å²) in [5.41, 5.74) is 1.24. The number of carbonyl (C=O) groups excluding carboxylic acids is 1. The standard InChI is InChI=1S/C7H5N3OS/c11-4-5-3-9-10-6(5)7-8-1-2-12-7/h1-4H,(H,9,10). The number of hydrogen-bond acceptors (Lipinski definition) is 4. The SMILES string of the molecule is O=Cc1cn[nH]c1-c1nccs1. The number of H-pyrrole nitrogens is 1. The summed E-state index contributed by atoms with van der Waals surface area (Å²) in [7, 11) is 0. The number of hydrogen-bond donors (Lipinski definition) is 1. The zero-order valence-electron chi connectivity index (χ0n) is 6.02. The van der Waals surface area contributed by atoms with Gasteiger partial charge in [0.1, 0.15) is 10.7 Å². The van der Waals surface area contributed by atoms with Gasteiger partial charge in [0.05, 0.1) is 11.8 Å². The fourth-order valence-corrected chi connectivity index (χ4v) is 1.56. The molecule has 0 fully saturated rings. The highest BCUT2D eigenvalue weighted by atomic mass is 32.1.